The van der Waals surface area contributed by atoms with E-state index in [-0.39, 0.29) is 5.91 Å². The molecule has 0 aromatic carbocycles. The molecule has 6 nitrogen and oxygen atoms in total. The smallest absolute Gasteiger partial charge is 0.270 e. The van der Waals surface area contributed by atoms with Gasteiger partial charge in [-0.2, -0.15) is 0 Å². The predicted octanol–water partition coefficient (Wildman–Crippen LogP) is 1.82. The number of hydrogen-bond donors (Lipinski definition) is 2. The van der Waals surface area contributed by atoms with Crippen LogP contribution in [0.5, 0.6) is 0 Å². The van der Waals surface area contributed by atoms with E-state index in [1.165, 1.54) is 6.26 Å². The molecule has 2 aromatic heterocycles. The third kappa shape index (κ3) is 3.80. The average molecular weight is 260 g/mol. The average Bonchev–Trinajstić information content (AvgIpc) is 2.96. The standard InChI is InChI=1S/C13H16N4O2/c1-2-7-14-12-5-3-4-11(16-12)13(18)15-9-10-6-8-19-17-10/h3-6,8H,2,7,9H2,1H3,(H,14,16)(H,15,18). The molecular formula is C13H16N4O2. The third-order valence-corrected chi connectivity index (χ3v) is 2.46. The zero-order chi connectivity index (χ0) is 13.5. The topological polar surface area (TPSA) is 80.0 Å². The van der Waals surface area contributed by atoms with E-state index in [4.69, 9.17) is 0 Å². The Bertz CT molecular complexity index is 525. The minimum atomic E-state index is -0.233. The molecule has 0 unspecified atom stereocenters. The highest BCUT2D eigenvalue weighted by molar-refractivity contribution is 5.92. The molecule has 0 bridgehead atoms. The third-order valence-electron chi connectivity index (χ3n) is 2.46. The van der Waals surface area contributed by atoms with Crippen LogP contribution in [0, 0.1) is 0 Å². The Hall–Kier alpha value is -2.37. The summed E-state index contributed by atoms with van der Waals surface area (Å²) in [5.41, 5.74) is 1.05. The Morgan fingerprint density at radius 3 is 3.00 bits per heavy atom. The highest BCUT2D eigenvalue weighted by Crippen LogP contribution is 2.05. The summed E-state index contributed by atoms with van der Waals surface area (Å²) in [7, 11) is 0. The van der Waals surface area contributed by atoms with Crippen LogP contribution in [0.25, 0.3) is 0 Å². The van der Waals surface area contributed by atoms with Crippen LogP contribution in [-0.2, 0) is 6.54 Å². The largest absolute Gasteiger partial charge is 0.370 e. The van der Waals surface area contributed by atoms with E-state index < -0.39 is 0 Å². The predicted molar refractivity (Wildman–Crippen MR) is 70.7 cm³/mol. The van der Waals surface area contributed by atoms with Gasteiger partial charge in [0.15, 0.2) is 0 Å². The van der Waals surface area contributed by atoms with Gasteiger partial charge in [-0.05, 0) is 18.6 Å². The molecule has 0 aliphatic carbocycles. The van der Waals surface area contributed by atoms with Gasteiger partial charge in [0.1, 0.15) is 23.5 Å². The van der Waals surface area contributed by atoms with Gasteiger partial charge in [0.05, 0.1) is 6.54 Å². The first-order chi connectivity index (χ1) is 9.29. The Balaban J connectivity index is 1.94. The van der Waals surface area contributed by atoms with Gasteiger partial charge >= 0.3 is 0 Å². The number of nitrogens with zero attached hydrogens (tertiary/aromatic N) is 2. The van der Waals surface area contributed by atoms with E-state index in [1.807, 2.05) is 6.07 Å². The van der Waals surface area contributed by atoms with Gasteiger partial charge in [-0.3, -0.25) is 4.79 Å². The van der Waals surface area contributed by atoms with E-state index in [0.29, 0.717) is 23.8 Å². The molecule has 0 aliphatic rings. The molecular weight excluding hydrogens is 244 g/mol. The van der Waals surface area contributed by atoms with Gasteiger partial charge in [-0.25, -0.2) is 4.98 Å². The molecule has 2 aromatic rings. The normalized spacial score (nSPS) is 10.2. The van der Waals surface area contributed by atoms with Crippen LogP contribution >= 0.6 is 0 Å². The number of amides is 1. The highest BCUT2D eigenvalue weighted by Gasteiger charge is 2.08. The van der Waals surface area contributed by atoms with Crippen molar-refractivity contribution in [3.8, 4) is 0 Å². The molecule has 0 radical (unpaired) electrons. The highest BCUT2D eigenvalue weighted by atomic mass is 16.5. The van der Waals surface area contributed by atoms with Crippen molar-refractivity contribution >= 4 is 11.7 Å². The maximum atomic E-state index is 11.9. The summed E-state index contributed by atoms with van der Waals surface area (Å²) in [6, 6.07) is 7.02. The summed E-state index contributed by atoms with van der Waals surface area (Å²) >= 11 is 0. The number of pyridine rings is 1. The Kier molecular flexibility index (Phi) is 4.49. The van der Waals surface area contributed by atoms with Crippen LogP contribution in [0.4, 0.5) is 5.82 Å². The molecule has 6 heteroatoms. The van der Waals surface area contributed by atoms with Gasteiger partial charge in [0.2, 0.25) is 0 Å². The zero-order valence-corrected chi connectivity index (χ0v) is 10.7. The molecule has 100 valence electrons. The SMILES string of the molecule is CCCNc1cccc(C(=O)NCc2ccon2)n1. The second-order valence-electron chi connectivity index (χ2n) is 4.01. The van der Waals surface area contributed by atoms with Crippen molar-refractivity contribution in [2.24, 2.45) is 0 Å². The first-order valence-electron chi connectivity index (χ1n) is 6.18. The molecule has 0 fully saturated rings. The molecule has 2 heterocycles. The van der Waals surface area contributed by atoms with Crippen molar-refractivity contribution in [1.29, 1.82) is 0 Å². The maximum Gasteiger partial charge on any atom is 0.270 e. The fraction of sp³-hybridized carbons (Fsp3) is 0.308. The summed E-state index contributed by atoms with van der Waals surface area (Å²) in [5, 5.41) is 9.59. The van der Waals surface area contributed by atoms with E-state index in [2.05, 4.69) is 32.2 Å². The van der Waals surface area contributed by atoms with Crippen LogP contribution in [0.15, 0.2) is 35.1 Å². The lowest BCUT2D eigenvalue weighted by Gasteiger charge is -2.06. The minimum Gasteiger partial charge on any atom is -0.370 e. The summed E-state index contributed by atoms with van der Waals surface area (Å²) in [6.07, 6.45) is 2.47. The number of carbonyl (C=O) groups excluding carboxylic acids is 1. The van der Waals surface area contributed by atoms with Gasteiger partial charge in [-0.1, -0.05) is 18.1 Å². The quantitative estimate of drug-likeness (QED) is 0.828. The number of hydrogen-bond acceptors (Lipinski definition) is 5. The number of nitrogens with one attached hydrogen (secondary N) is 2. The summed E-state index contributed by atoms with van der Waals surface area (Å²) in [6.45, 7) is 3.22. The summed E-state index contributed by atoms with van der Waals surface area (Å²) in [4.78, 5) is 16.1. The van der Waals surface area contributed by atoms with E-state index in [1.54, 1.807) is 18.2 Å². The Labute approximate surface area is 111 Å². The second-order valence-corrected chi connectivity index (χ2v) is 4.01. The Morgan fingerprint density at radius 1 is 1.37 bits per heavy atom. The number of anilines is 1. The molecule has 0 saturated carbocycles. The van der Waals surface area contributed by atoms with Crippen molar-refractivity contribution < 1.29 is 9.32 Å². The van der Waals surface area contributed by atoms with Crippen molar-refractivity contribution in [3.05, 3.63) is 41.9 Å². The lowest BCUT2D eigenvalue weighted by Crippen LogP contribution is -2.24. The minimum absolute atomic E-state index is 0.233. The fourth-order valence-corrected chi connectivity index (χ4v) is 1.50. The van der Waals surface area contributed by atoms with E-state index >= 15 is 0 Å². The molecule has 0 spiro atoms. The van der Waals surface area contributed by atoms with Gasteiger partial charge in [0.25, 0.3) is 5.91 Å². The second kappa shape index (κ2) is 6.53. The molecule has 2 N–H and O–H groups in total. The number of aromatic nitrogens is 2. The van der Waals surface area contributed by atoms with Crippen LogP contribution in [-0.4, -0.2) is 22.6 Å². The van der Waals surface area contributed by atoms with Gasteiger partial charge < -0.3 is 15.2 Å². The van der Waals surface area contributed by atoms with Crippen molar-refractivity contribution in [2.75, 3.05) is 11.9 Å². The monoisotopic (exact) mass is 260 g/mol. The first kappa shape index (κ1) is 13.1. The van der Waals surface area contributed by atoms with Gasteiger partial charge in [0, 0.05) is 12.6 Å². The number of carbonyl (C=O) groups is 1. The molecule has 1 amide bonds. The molecule has 19 heavy (non-hydrogen) atoms. The van der Waals surface area contributed by atoms with Crippen LogP contribution < -0.4 is 10.6 Å². The summed E-state index contributed by atoms with van der Waals surface area (Å²) in [5.74, 6) is 0.471. The zero-order valence-electron chi connectivity index (χ0n) is 10.7. The Morgan fingerprint density at radius 2 is 2.26 bits per heavy atom. The van der Waals surface area contributed by atoms with E-state index in [0.717, 1.165) is 13.0 Å². The lowest BCUT2D eigenvalue weighted by molar-refractivity contribution is 0.0945. The van der Waals surface area contributed by atoms with Crippen LogP contribution in [0.1, 0.15) is 29.5 Å². The van der Waals surface area contributed by atoms with Crippen LogP contribution in [0.2, 0.25) is 0 Å². The fourth-order valence-electron chi connectivity index (χ4n) is 1.50. The lowest BCUT2D eigenvalue weighted by atomic mass is 10.3. The molecule has 0 atom stereocenters. The van der Waals surface area contributed by atoms with E-state index in [9.17, 15) is 4.79 Å². The molecule has 0 saturated heterocycles. The van der Waals surface area contributed by atoms with Crippen molar-refractivity contribution in [2.45, 2.75) is 19.9 Å². The number of rotatable bonds is 6. The van der Waals surface area contributed by atoms with Gasteiger partial charge in [-0.15, -0.1) is 0 Å². The van der Waals surface area contributed by atoms with Crippen LogP contribution in [0.3, 0.4) is 0 Å². The van der Waals surface area contributed by atoms with Crippen molar-refractivity contribution in [1.82, 2.24) is 15.5 Å². The first-order valence-corrected chi connectivity index (χ1v) is 6.18. The molecule has 0 aliphatic heterocycles. The van der Waals surface area contributed by atoms with Crippen molar-refractivity contribution in [3.63, 3.8) is 0 Å². The maximum absolute atomic E-state index is 11.9. The summed E-state index contributed by atoms with van der Waals surface area (Å²) < 4.78 is 4.69. The molecule has 2 rings (SSSR count).